The molecule has 6 heteroatoms. The minimum atomic E-state index is -3.50. The molecule has 0 atom stereocenters. The van der Waals surface area contributed by atoms with E-state index in [0.29, 0.717) is 5.69 Å². The minimum Gasteiger partial charge on any atom is -0.313 e. The van der Waals surface area contributed by atoms with Gasteiger partial charge in [-0.15, -0.1) is 0 Å². The highest BCUT2D eigenvalue weighted by Gasteiger charge is 2.11. The Kier molecular flexibility index (Phi) is 6.27. The summed E-state index contributed by atoms with van der Waals surface area (Å²) in [7, 11) is -3.50. The van der Waals surface area contributed by atoms with Gasteiger partial charge in [0.1, 0.15) is 0 Å². The van der Waals surface area contributed by atoms with Crippen LogP contribution in [0.25, 0.3) is 0 Å². The number of rotatable bonds is 8. The minimum absolute atomic E-state index is 0.132. The molecule has 1 rings (SSSR count). The molecule has 0 heterocycles. The molecule has 0 aliphatic heterocycles. The average molecular weight is 285 g/mol. The fourth-order valence-corrected chi connectivity index (χ4v) is 2.77. The Labute approximate surface area is 116 Å². The molecular weight excluding hydrogens is 262 g/mol. The Morgan fingerprint density at radius 3 is 2.63 bits per heavy atom. The largest absolute Gasteiger partial charge is 0.313 e. The van der Waals surface area contributed by atoms with Crippen molar-refractivity contribution in [2.24, 2.45) is 0 Å². The predicted molar refractivity (Wildman–Crippen MR) is 79.3 cm³/mol. The van der Waals surface area contributed by atoms with Gasteiger partial charge in [0.2, 0.25) is 0 Å². The van der Waals surface area contributed by atoms with Crippen LogP contribution in [0, 0.1) is 0 Å². The van der Waals surface area contributed by atoms with Crippen LogP contribution in [-0.2, 0) is 16.8 Å². The maximum Gasteiger partial charge on any atom is 0.299 e. The lowest BCUT2D eigenvalue weighted by Gasteiger charge is -2.12. The topological polar surface area (TPSA) is 70.2 Å². The zero-order chi connectivity index (χ0) is 14.3. The second kappa shape index (κ2) is 7.47. The van der Waals surface area contributed by atoms with Gasteiger partial charge in [0.15, 0.2) is 0 Å². The van der Waals surface area contributed by atoms with Gasteiger partial charge in [-0.2, -0.15) is 13.1 Å². The number of nitrogens with one attached hydrogen (secondary N) is 3. The first-order valence-electron chi connectivity index (χ1n) is 6.52. The molecule has 19 heavy (non-hydrogen) atoms. The molecule has 0 saturated heterocycles. The Balaban J connectivity index is 2.66. The van der Waals surface area contributed by atoms with E-state index in [-0.39, 0.29) is 6.04 Å². The monoisotopic (exact) mass is 285 g/mol. The van der Waals surface area contributed by atoms with E-state index in [9.17, 15) is 8.42 Å². The molecule has 0 fully saturated rings. The van der Waals surface area contributed by atoms with Crippen LogP contribution in [0.2, 0.25) is 0 Å². The number of anilines is 1. The maximum absolute atomic E-state index is 11.7. The van der Waals surface area contributed by atoms with Gasteiger partial charge in [0.05, 0.1) is 5.69 Å². The highest BCUT2D eigenvalue weighted by molar-refractivity contribution is 7.90. The van der Waals surface area contributed by atoms with E-state index >= 15 is 0 Å². The molecule has 0 spiro atoms. The van der Waals surface area contributed by atoms with Gasteiger partial charge in [-0.25, -0.2) is 0 Å². The molecule has 0 aromatic heterocycles. The van der Waals surface area contributed by atoms with Crippen LogP contribution < -0.4 is 14.8 Å². The van der Waals surface area contributed by atoms with Gasteiger partial charge >= 0.3 is 0 Å². The summed E-state index contributed by atoms with van der Waals surface area (Å²) < 4.78 is 28.5. The molecule has 0 aliphatic rings. The van der Waals surface area contributed by atoms with Gasteiger partial charge in [-0.1, -0.05) is 19.1 Å². The van der Waals surface area contributed by atoms with Crippen LogP contribution in [0.4, 0.5) is 5.69 Å². The van der Waals surface area contributed by atoms with E-state index in [0.717, 1.165) is 25.1 Å². The van der Waals surface area contributed by atoms with Gasteiger partial charge in [-0.3, -0.25) is 4.72 Å². The lowest BCUT2D eigenvalue weighted by Crippen LogP contribution is -2.35. The summed E-state index contributed by atoms with van der Waals surface area (Å²) in [5, 5.41) is 3.28. The Hall–Kier alpha value is -1.11. The predicted octanol–water partition coefficient (Wildman–Crippen LogP) is 1.84. The average Bonchev–Trinajstić information content (AvgIpc) is 2.27. The molecule has 0 unspecified atom stereocenters. The van der Waals surface area contributed by atoms with Crippen LogP contribution in [0.1, 0.15) is 32.8 Å². The fraction of sp³-hybridized carbons (Fsp3) is 0.538. The van der Waals surface area contributed by atoms with Crippen molar-refractivity contribution in [1.82, 2.24) is 10.0 Å². The Morgan fingerprint density at radius 2 is 2.00 bits per heavy atom. The first kappa shape index (κ1) is 15.9. The van der Waals surface area contributed by atoms with Crippen molar-refractivity contribution >= 4 is 15.9 Å². The van der Waals surface area contributed by atoms with E-state index in [4.69, 9.17) is 0 Å². The van der Waals surface area contributed by atoms with Crippen molar-refractivity contribution in [1.29, 1.82) is 0 Å². The third kappa shape index (κ3) is 6.56. The first-order valence-corrected chi connectivity index (χ1v) is 8.01. The quantitative estimate of drug-likeness (QED) is 0.638. The van der Waals surface area contributed by atoms with Crippen LogP contribution in [0.3, 0.4) is 0 Å². The zero-order valence-electron chi connectivity index (χ0n) is 11.7. The van der Waals surface area contributed by atoms with Crippen LogP contribution in [-0.4, -0.2) is 21.0 Å². The van der Waals surface area contributed by atoms with E-state index in [1.807, 2.05) is 18.2 Å². The maximum atomic E-state index is 11.7. The van der Waals surface area contributed by atoms with Gasteiger partial charge in [-0.05, 0) is 44.5 Å². The van der Waals surface area contributed by atoms with E-state index in [1.54, 1.807) is 19.9 Å². The summed E-state index contributed by atoms with van der Waals surface area (Å²) >= 11 is 0. The number of hydrogen-bond donors (Lipinski definition) is 3. The summed E-state index contributed by atoms with van der Waals surface area (Å²) in [6.45, 7) is 7.36. The van der Waals surface area contributed by atoms with E-state index in [1.165, 1.54) is 0 Å². The van der Waals surface area contributed by atoms with Gasteiger partial charge < -0.3 is 5.32 Å². The van der Waals surface area contributed by atoms with Crippen molar-refractivity contribution in [3.8, 4) is 0 Å². The molecule has 0 amide bonds. The van der Waals surface area contributed by atoms with Gasteiger partial charge in [0, 0.05) is 12.6 Å². The molecule has 3 N–H and O–H groups in total. The third-order valence-electron chi connectivity index (χ3n) is 2.33. The molecule has 1 aromatic carbocycles. The summed E-state index contributed by atoms with van der Waals surface area (Å²) in [5.74, 6) is 0. The highest BCUT2D eigenvalue weighted by Crippen LogP contribution is 2.12. The third-order valence-corrected chi connectivity index (χ3v) is 3.61. The molecular formula is C13H23N3O2S. The molecule has 1 aromatic rings. The van der Waals surface area contributed by atoms with E-state index in [2.05, 4.69) is 21.7 Å². The zero-order valence-corrected chi connectivity index (χ0v) is 12.5. The second-order valence-electron chi connectivity index (χ2n) is 4.76. The lowest BCUT2D eigenvalue weighted by atomic mass is 10.2. The molecule has 0 saturated carbocycles. The summed E-state index contributed by atoms with van der Waals surface area (Å²) in [6, 6.07) is 7.25. The molecule has 0 bridgehead atoms. The van der Waals surface area contributed by atoms with Crippen molar-refractivity contribution in [2.75, 3.05) is 11.3 Å². The van der Waals surface area contributed by atoms with Crippen molar-refractivity contribution in [3.63, 3.8) is 0 Å². The summed E-state index contributed by atoms with van der Waals surface area (Å²) in [6.07, 6.45) is 1.07. The smallest absolute Gasteiger partial charge is 0.299 e. The first-order chi connectivity index (χ1) is 8.93. The Bertz CT molecular complexity index is 486. The van der Waals surface area contributed by atoms with Crippen molar-refractivity contribution in [3.05, 3.63) is 29.8 Å². The highest BCUT2D eigenvalue weighted by atomic mass is 32.2. The molecule has 0 radical (unpaired) electrons. The van der Waals surface area contributed by atoms with Crippen molar-refractivity contribution < 1.29 is 8.42 Å². The van der Waals surface area contributed by atoms with E-state index < -0.39 is 10.2 Å². The molecule has 108 valence electrons. The fourth-order valence-electron chi connectivity index (χ4n) is 1.65. The lowest BCUT2D eigenvalue weighted by molar-refractivity contribution is 0.575. The van der Waals surface area contributed by atoms with Crippen LogP contribution in [0.15, 0.2) is 24.3 Å². The van der Waals surface area contributed by atoms with Crippen LogP contribution in [0.5, 0.6) is 0 Å². The standard InChI is InChI=1S/C13H23N3O2S/c1-4-8-14-10-12-6-5-7-13(9-12)16-19(17,18)15-11(2)3/h5-7,9,11,14-16H,4,8,10H2,1-3H3. The van der Waals surface area contributed by atoms with Crippen LogP contribution >= 0.6 is 0 Å². The number of hydrogen-bond acceptors (Lipinski definition) is 3. The van der Waals surface area contributed by atoms with Crippen molar-refractivity contribution in [2.45, 2.75) is 39.8 Å². The normalized spacial score (nSPS) is 11.8. The molecule has 5 nitrogen and oxygen atoms in total. The second-order valence-corrected chi connectivity index (χ2v) is 6.20. The Morgan fingerprint density at radius 1 is 1.26 bits per heavy atom. The summed E-state index contributed by atoms with van der Waals surface area (Å²) in [4.78, 5) is 0. The summed E-state index contributed by atoms with van der Waals surface area (Å²) in [5.41, 5.74) is 1.63. The number of benzene rings is 1. The SMILES string of the molecule is CCCNCc1cccc(NS(=O)(=O)NC(C)C)c1. The molecule has 0 aliphatic carbocycles. The van der Waals surface area contributed by atoms with Gasteiger partial charge in [0.25, 0.3) is 10.2 Å².